The molecular weight excluding hydrogens is 434 g/mol. The monoisotopic (exact) mass is 471 g/mol. The molecule has 0 radical (unpaired) electrons. The summed E-state index contributed by atoms with van der Waals surface area (Å²) < 4.78 is 10.4. The van der Waals surface area contributed by atoms with Crippen molar-refractivity contribution in [1.29, 1.82) is 0 Å². The Labute approximate surface area is 201 Å². The molecule has 1 aliphatic heterocycles. The predicted octanol–water partition coefficient (Wildman–Crippen LogP) is 3.23. The molecule has 1 fully saturated rings. The van der Waals surface area contributed by atoms with Crippen LogP contribution in [0.15, 0.2) is 29.0 Å². The lowest BCUT2D eigenvalue weighted by Gasteiger charge is -2.38. The number of hydrogen-bond acceptors (Lipinski definition) is 8. The smallest absolute Gasteiger partial charge is 0.310 e. The summed E-state index contributed by atoms with van der Waals surface area (Å²) in [5, 5.41) is 6.57. The molecule has 2 N–H and O–H groups in total. The van der Waals surface area contributed by atoms with E-state index in [1.54, 1.807) is 12.5 Å². The summed E-state index contributed by atoms with van der Waals surface area (Å²) in [5.74, 6) is 1.40. The maximum absolute atomic E-state index is 13.9. The molecule has 0 aliphatic carbocycles. The molecule has 1 saturated heterocycles. The minimum atomic E-state index is -0.290. The van der Waals surface area contributed by atoms with Gasteiger partial charge in [-0.3, -0.25) is 9.59 Å². The maximum atomic E-state index is 13.9. The number of methoxy groups -OCH3 is 1. The van der Waals surface area contributed by atoms with E-state index in [4.69, 9.17) is 14.1 Å². The Balaban J connectivity index is 1.93. The molecule has 0 spiro atoms. The molecule has 3 rings (SSSR count). The van der Waals surface area contributed by atoms with Crippen molar-refractivity contribution >= 4 is 17.7 Å². The van der Waals surface area contributed by atoms with E-state index in [9.17, 15) is 9.59 Å². The first-order valence-electron chi connectivity index (χ1n) is 11.8. The summed E-state index contributed by atoms with van der Waals surface area (Å²) in [6, 6.07) is 3.54. The number of nitrogens with one attached hydrogen (secondary N) is 2. The standard InChI is InChI=1S/C25H37N5O4/c1-16(2)15-30(18-10-17(11-26-12-18)23(32)33-6)22(31)20-14-28-24(25(3,4)5)29-21(20)27-13-19-8-7-9-34-19/h7-9,14,16-18,26H,10-13,15H2,1-6H3,(H,27,28,29)/t17?,18-/m0/s1. The van der Waals surface area contributed by atoms with Crippen molar-refractivity contribution in [2.24, 2.45) is 11.8 Å². The van der Waals surface area contributed by atoms with E-state index in [0.29, 0.717) is 49.8 Å². The fourth-order valence-electron chi connectivity index (χ4n) is 4.07. The highest BCUT2D eigenvalue weighted by molar-refractivity contribution is 5.98. The summed E-state index contributed by atoms with van der Waals surface area (Å²) in [6.45, 7) is 12.4. The number of carbonyl (C=O) groups is 2. The largest absolute Gasteiger partial charge is 0.469 e. The molecule has 0 saturated carbocycles. The van der Waals surface area contributed by atoms with Crippen molar-refractivity contribution in [3.05, 3.63) is 41.7 Å². The first-order valence-corrected chi connectivity index (χ1v) is 11.8. The van der Waals surface area contributed by atoms with Gasteiger partial charge in [0.2, 0.25) is 0 Å². The number of piperidine rings is 1. The fourth-order valence-corrected chi connectivity index (χ4v) is 4.07. The molecule has 3 heterocycles. The van der Waals surface area contributed by atoms with Crippen LogP contribution in [0.5, 0.6) is 0 Å². The van der Waals surface area contributed by atoms with Crippen LogP contribution in [-0.2, 0) is 21.5 Å². The van der Waals surface area contributed by atoms with Crippen LogP contribution in [0.4, 0.5) is 5.82 Å². The summed E-state index contributed by atoms with van der Waals surface area (Å²) in [5.41, 5.74) is 0.127. The van der Waals surface area contributed by atoms with Crippen LogP contribution in [-0.4, -0.2) is 59.5 Å². The fraction of sp³-hybridized carbons (Fsp3) is 0.600. The zero-order valence-electron chi connectivity index (χ0n) is 21.1. The summed E-state index contributed by atoms with van der Waals surface area (Å²) in [4.78, 5) is 37.2. The summed E-state index contributed by atoms with van der Waals surface area (Å²) in [7, 11) is 1.40. The third-order valence-electron chi connectivity index (χ3n) is 5.83. The van der Waals surface area contributed by atoms with Crippen molar-refractivity contribution < 1.29 is 18.7 Å². The van der Waals surface area contributed by atoms with Crippen LogP contribution in [0.2, 0.25) is 0 Å². The number of aromatic nitrogens is 2. The van der Waals surface area contributed by atoms with Crippen LogP contribution in [0.1, 0.15) is 63.0 Å². The lowest BCUT2D eigenvalue weighted by atomic mass is 9.93. The lowest BCUT2D eigenvalue weighted by molar-refractivity contribution is -0.146. The molecule has 2 aromatic rings. The van der Waals surface area contributed by atoms with Crippen molar-refractivity contribution in [1.82, 2.24) is 20.2 Å². The minimum Gasteiger partial charge on any atom is -0.469 e. The van der Waals surface area contributed by atoms with Gasteiger partial charge in [-0.2, -0.15) is 0 Å². The average molecular weight is 472 g/mol. The second-order valence-electron chi connectivity index (χ2n) is 10.3. The van der Waals surface area contributed by atoms with Crippen molar-refractivity contribution in [3.63, 3.8) is 0 Å². The van der Waals surface area contributed by atoms with Crippen molar-refractivity contribution in [2.45, 2.75) is 59.0 Å². The van der Waals surface area contributed by atoms with Gasteiger partial charge in [0.05, 0.1) is 25.8 Å². The predicted molar refractivity (Wildman–Crippen MR) is 129 cm³/mol. The Bertz CT molecular complexity index is 968. The van der Waals surface area contributed by atoms with Crippen LogP contribution < -0.4 is 10.6 Å². The van der Waals surface area contributed by atoms with Crippen LogP contribution in [0.25, 0.3) is 0 Å². The van der Waals surface area contributed by atoms with Crippen LogP contribution in [0.3, 0.4) is 0 Å². The molecule has 1 unspecified atom stereocenters. The molecule has 9 nitrogen and oxygen atoms in total. The third-order valence-corrected chi connectivity index (χ3v) is 5.83. The topological polar surface area (TPSA) is 110 Å². The molecule has 2 aromatic heterocycles. The van der Waals surface area contributed by atoms with Crippen LogP contribution >= 0.6 is 0 Å². The molecule has 2 atom stereocenters. The first kappa shape index (κ1) is 25.7. The van der Waals surface area contributed by atoms with E-state index < -0.39 is 0 Å². The first-order chi connectivity index (χ1) is 16.1. The highest BCUT2D eigenvalue weighted by Gasteiger charge is 2.35. The Morgan fingerprint density at radius 1 is 1.32 bits per heavy atom. The summed E-state index contributed by atoms with van der Waals surface area (Å²) in [6.07, 6.45) is 3.78. The maximum Gasteiger partial charge on any atom is 0.310 e. The number of furan rings is 1. The highest BCUT2D eigenvalue weighted by Crippen LogP contribution is 2.26. The second kappa shape index (κ2) is 11.0. The zero-order valence-corrected chi connectivity index (χ0v) is 21.1. The quantitative estimate of drug-likeness (QED) is 0.565. The number of nitrogens with zero attached hydrogens (tertiary/aromatic N) is 3. The normalized spacial score (nSPS) is 18.6. The van der Waals surface area contributed by atoms with Gasteiger partial charge in [-0.05, 0) is 24.5 Å². The minimum absolute atomic E-state index is 0.145. The lowest BCUT2D eigenvalue weighted by Crippen LogP contribution is -2.53. The average Bonchev–Trinajstić information content (AvgIpc) is 3.33. The molecular formula is C25H37N5O4. The summed E-state index contributed by atoms with van der Waals surface area (Å²) >= 11 is 0. The Morgan fingerprint density at radius 2 is 2.09 bits per heavy atom. The van der Waals surface area contributed by atoms with Crippen molar-refractivity contribution in [2.75, 3.05) is 32.1 Å². The Morgan fingerprint density at radius 3 is 2.71 bits per heavy atom. The van der Waals surface area contributed by atoms with E-state index in [1.165, 1.54) is 7.11 Å². The number of ether oxygens (including phenoxy) is 1. The molecule has 0 bridgehead atoms. The Hall–Kier alpha value is -2.94. The van der Waals surface area contributed by atoms with Gasteiger partial charge in [-0.1, -0.05) is 34.6 Å². The van der Waals surface area contributed by atoms with Gasteiger partial charge in [0, 0.05) is 37.3 Å². The van der Waals surface area contributed by atoms with E-state index in [2.05, 4.69) is 29.5 Å². The number of amides is 1. The number of rotatable bonds is 8. The van der Waals surface area contributed by atoms with Crippen molar-refractivity contribution in [3.8, 4) is 0 Å². The molecule has 0 aromatic carbocycles. The van der Waals surface area contributed by atoms with E-state index in [0.717, 1.165) is 5.76 Å². The Kier molecular flexibility index (Phi) is 8.30. The van der Waals surface area contributed by atoms with Gasteiger partial charge >= 0.3 is 5.97 Å². The van der Waals surface area contributed by atoms with E-state index in [1.807, 2.05) is 37.8 Å². The molecule has 9 heteroatoms. The molecule has 186 valence electrons. The van der Waals surface area contributed by atoms with Gasteiger partial charge < -0.3 is 24.7 Å². The third kappa shape index (κ3) is 6.34. The van der Waals surface area contributed by atoms with Gasteiger partial charge in [0.15, 0.2) is 0 Å². The highest BCUT2D eigenvalue weighted by atomic mass is 16.5. The molecule has 34 heavy (non-hydrogen) atoms. The van der Waals surface area contributed by atoms with Gasteiger partial charge in [-0.15, -0.1) is 0 Å². The zero-order chi connectivity index (χ0) is 24.9. The SMILES string of the molecule is COC(=O)C1CNC[C@@H](N(CC(C)C)C(=O)c2cnc(C(C)(C)C)nc2NCc2ccco2)C1. The molecule has 1 aliphatic rings. The number of esters is 1. The van der Waals surface area contributed by atoms with Crippen LogP contribution in [0, 0.1) is 11.8 Å². The van der Waals surface area contributed by atoms with Gasteiger partial charge in [0.25, 0.3) is 5.91 Å². The number of carbonyl (C=O) groups excluding carboxylic acids is 2. The van der Waals surface area contributed by atoms with E-state index in [-0.39, 0.29) is 35.2 Å². The van der Waals surface area contributed by atoms with Gasteiger partial charge in [0.1, 0.15) is 23.0 Å². The number of hydrogen-bond donors (Lipinski definition) is 2. The van der Waals surface area contributed by atoms with E-state index >= 15 is 0 Å². The second-order valence-corrected chi connectivity index (χ2v) is 10.3. The molecule has 1 amide bonds. The number of anilines is 1. The van der Waals surface area contributed by atoms with Gasteiger partial charge in [-0.25, -0.2) is 9.97 Å².